The summed E-state index contributed by atoms with van der Waals surface area (Å²) in [6.45, 7) is 0. The van der Waals surface area contributed by atoms with Crippen molar-refractivity contribution in [2.24, 2.45) is 0 Å². The van der Waals surface area contributed by atoms with Gasteiger partial charge in [0.25, 0.3) is 5.91 Å². The smallest absolute Gasteiger partial charge is 0.255 e. The number of nitrogens with one attached hydrogen (secondary N) is 1. The number of rotatable bonds is 4. The summed E-state index contributed by atoms with van der Waals surface area (Å²) < 4.78 is 2.55. The maximum Gasteiger partial charge on any atom is 0.255 e. The first-order valence-electron chi connectivity index (χ1n) is 9.47. The summed E-state index contributed by atoms with van der Waals surface area (Å²) in [4.78, 5) is 16.7. The maximum atomic E-state index is 12.6. The highest BCUT2D eigenvalue weighted by molar-refractivity contribution is 9.10. The van der Waals surface area contributed by atoms with E-state index in [1.807, 2.05) is 60.7 Å². The van der Waals surface area contributed by atoms with Gasteiger partial charge in [-0.3, -0.25) is 9.78 Å². The lowest BCUT2D eigenvalue weighted by Crippen LogP contribution is -2.11. The third kappa shape index (κ3) is 3.93. The molecule has 0 aliphatic heterocycles. The van der Waals surface area contributed by atoms with Crippen molar-refractivity contribution in [3.8, 4) is 22.6 Å². The first-order chi connectivity index (χ1) is 15.2. The summed E-state index contributed by atoms with van der Waals surface area (Å²) in [5, 5.41) is 16.1. The summed E-state index contributed by atoms with van der Waals surface area (Å²) >= 11 is 3.39. The SMILES string of the molecule is O=C(Nc1cccc(-c2ccc3nnc(-c4cccnc4)n3n2)c1)c1cccc(Br)c1. The number of fused-ring (bicyclic) bond motifs is 1. The lowest BCUT2D eigenvalue weighted by Gasteiger charge is -2.08. The molecule has 3 heterocycles. The van der Waals surface area contributed by atoms with Gasteiger partial charge < -0.3 is 5.32 Å². The molecule has 8 heteroatoms. The standard InChI is InChI=1S/C23H15BrN6O/c24-18-7-1-5-16(12-18)23(31)26-19-8-2-4-15(13-19)20-9-10-21-27-28-22(30(21)29-20)17-6-3-11-25-14-17/h1-14H,(H,26,31). The van der Waals surface area contributed by atoms with E-state index in [-0.39, 0.29) is 5.91 Å². The number of hydrogen-bond donors (Lipinski definition) is 1. The molecule has 7 nitrogen and oxygen atoms in total. The maximum absolute atomic E-state index is 12.6. The summed E-state index contributed by atoms with van der Waals surface area (Å²) in [5.74, 6) is 0.434. The van der Waals surface area contributed by atoms with Crippen molar-refractivity contribution in [2.45, 2.75) is 0 Å². The number of carbonyl (C=O) groups excluding carboxylic acids is 1. The molecule has 31 heavy (non-hydrogen) atoms. The minimum atomic E-state index is -0.181. The predicted molar refractivity (Wildman–Crippen MR) is 122 cm³/mol. The van der Waals surface area contributed by atoms with Gasteiger partial charge in [-0.05, 0) is 54.6 Å². The monoisotopic (exact) mass is 470 g/mol. The van der Waals surface area contributed by atoms with Crippen LogP contribution in [-0.4, -0.2) is 30.7 Å². The number of anilines is 1. The molecule has 1 N–H and O–H groups in total. The fraction of sp³-hybridized carbons (Fsp3) is 0. The van der Waals surface area contributed by atoms with Gasteiger partial charge in [0.2, 0.25) is 0 Å². The fourth-order valence-corrected chi connectivity index (χ4v) is 3.61. The van der Waals surface area contributed by atoms with E-state index < -0.39 is 0 Å². The largest absolute Gasteiger partial charge is 0.322 e. The zero-order valence-electron chi connectivity index (χ0n) is 16.1. The number of nitrogens with zero attached hydrogens (tertiary/aromatic N) is 5. The second kappa shape index (κ2) is 8.08. The lowest BCUT2D eigenvalue weighted by atomic mass is 10.1. The van der Waals surface area contributed by atoms with Crippen molar-refractivity contribution in [1.82, 2.24) is 24.8 Å². The molecule has 0 aliphatic carbocycles. The van der Waals surface area contributed by atoms with Crippen molar-refractivity contribution >= 4 is 33.2 Å². The van der Waals surface area contributed by atoms with Gasteiger partial charge in [0.05, 0.1) is 5.69 Å². The normalized spacial score (nSPS) is 10.9. The Morgan fingerprint density at radius 1 is 0.903 bits per heavy atom. The molecule has 0 aliphatic rings. The topological polar surface area (TPSA) is 85.1 Å². The number of hydrogen-bond acceptors (Lipinski definition) is 5. The van der Waals surface area contributed by atoms with Gasteiger partial charge in [-0.25, -0.2) is 0 Å². The Hall–Kier alpha value is -3.91. The van der Waals surface area contributed by atoms with Crippen molar-refractivity contribution < 1.29 is 4.79 Å². The Bertz CT molecular complexity index is 1400. The Morgan fingerprint density at radius 3 is 2.61 bits per heavy atom. The fourth-order valence-electron chi connectivity index (χ4n) is 3.21. The second-order valence-corrected chi connectivity index (χ2v) is 7.71. The molecule has 0 radical (unpaired) electrons. The third-order valence-corrected chi connectivity index (χ3v) is 5.18. The lowest BCUT2D eigenvalue weighted by molar-refractivity contribution is 0.102. The van der Waals surface area contributed by atoms with Crippen LogP contribution >= 0.6 is 15.9 Å². The number of pyridine rings is 1. The van der Waals surface area contributed by atoms with E-state index in [4.69, 9.17) is 5.10 Å². The minimum absolute atomic E-state index is 0.181. The van der Waals surface area contributed by atoms with E-state index in [0.717, 1.165) is 21.3 Å². The summed E-state index contributed by atoms with van der Waals surface area (Å²) in [5.41, 5.74) is 4.32. The zero-order valence-corrected chi connectivity index (χ0v) is 17.7. The van der Waals surface area contributed by atoms with Crippen molar-refractivity contribution in [2.75, 3.05) is 5.32 Å². The number of amides is 1. The molecule has 0 fully saturated rings. The van der Waals surface area contributed by atoms with Gasteiger partial charge >= 0.3 is 0 Å². The van der Waals surface area contributed by atoms with Crippen LogP contribution in [0.4, 0.5) is 5.69 Å². The Balaban J connectivity index is 1.47. The van der Waals surface area contributed by atoms with E-state index in [0.29, 0.717) is 22.7 Å². The highest BCUT2D eigenvalue weighted by Gasteiger charge is 2.12. The highest BCUT2D eigenvalue weighted by Crippen LogP contribution is 2.24. The Morgan fingerprint density at radius 2 is 1.77 bits per heavy atom. The quantitative estimate of drug-likeness (QED) is 0.405. The summed E-state index contributed by atoms with van der Waals surface area (Å²) in [6.07, 6.45) is 3.43. The van der Waals surface area contributed by atoms with Crippen molar-refractivity contribution in [3.05, 3.63) is 95.2 Å². The Labute approximate surface area is 185 Å². The zero-order chi connectivity index (χ0) is 21.2. The number of carbonyl (C=O) groups is 1. The van der Waals surface area contributed by atoms with E-state index in [1.165, 1.54) is 0 Å². The molecule has 2 aromatic carbocycles. The Kier molecular flexibility index (Phi) is 4.97. The van der Waals surface area contributed by atoms with Crippen LogP contribution < -0.4 is 5.32 Å². The van der Waals surface area contributed by atoms with Gasteiger partial charge in [-0.15, -0.1) is 10.2 Å². The number of aromatic nitrogens is 5. The minimum Gasteiger partial charge on any atom is -0.322 e. The van der Waals surface area contributed by atoms with Crippen LogP contribution in [-0.2, 0) is 0 Å². The van der Waals surface area contributed by atoms with Gasteiger partial charge in [0.15, 0.2) is 11.5 Å². The van der Waals surface area contributed by atoms with Crippen molar-refractivity contribution in [1.29, 1.82) is 0 Å². The average Bonchev–Trinajstić information content (AvgIpc) is 3.23. The molecule has 5 rings (SSSR count). The van der Waals surface area contributed by atoms with Gasteiger partial charge in [0, 0.05) is 39.2 Å². The molecule has 0 spiro atoms. The molecule has 3 aromatic heterocycles. The van der Waals surface area contributed by atoms with E-state index in [9.17, 15) is 4.79 Å². The van der Waals surface area contributed by atoms with E-state index >= 15 is 0 Å². The van der Waals surface area contributed by atoms with Gasteiger partial charge in [-0.1, -0.05) is 34.1 Å². The molecule has 0 bridgehead atoms. The summed E-state index contributed by atoms with van der Waals surface area (Å²) in [6, 6.07) is 22.3. The average molecular weight is 471 g/mol. The number of benzene rings is 2. The first-order valence-corrected chi connectivity index (χ1v) is 10.3. The highest BCUT2D eigenvalue weighted by atomic mass is 79.9. The van der Waals surface area contributed by atoms with Crippen LogP contribution in [0.2, 0.25) is 0 Å². The first kappa shape index (κ1) is 19.1. The molecule has 150 valence electrons. The van der Waals surface area contributed by atoms with Crippen LogP contribution in [0.3, 0.4) is 0 Å². The van der Waals surface area contributed by atoms with Crippen LogP contribution in [0.25, 0.3) is 28.3 Å². The van der Waals surface area contributed by atoms with Crippen LogP contribution in [0, 0.1) is 0 Å². The van der Waals surface area contributed by atoms with E-state index in [2.05, 4.69) is 36.4 Å². The van der Waals surface area contributed by atoms with Crippen LogP contribution in [0.1, 0.15) is 10.4 Å². The van der Waals surface area contributed by atoms with Crippen molar-refractivity contribution in [3.63, 3.8) is 0 Å². The predicted octanol–water partition coefficient (Wildman–Crippen LogP) is 4.87. The molecule has 0 unspecified atom stereocenters. The molecular weight excluding hydrogens is 456 g/mol. The van der Waals surface area contributed by atoms with E-state index in [1.54, 1.807) is 29.0 Å². The molecular formula is C23H15BrN6O. The third-order valence-electron chi connectivity index (χ3n) is 4.69. The van der Waals surface area contributed by atoms with Crippen LogP contribution in [0.5, 0.6) is 0 Å². The number of halogens is 1. The molecule has 0 saturated heterocycles. The van der Waals surface area contributed by atoms with Gasteiger partial charge in [0.1, 0.15) is 0 Å². The van der Waals surface area contributed by atoms with Crippen LogP contribution in [0.15, 0.2) is 89.7 Å². The molecule has 5 aromatic rings. The molecule has 0 saturated carbocycles. The summed E-state index contributed by atoms with van der Waals surface area (Å²) in [7, 11) is 0. The van der Waals surface area contributed by atoms with Gasteiger partial charge in [-0.2, -0.15) is 9.61 Å². The molecule has 0 atom stereocenters. The molecule has 1 amide bonds. The second-order valence-electron chi connectivity index (χ2n) is 6.80.